The van der Waals surface area contributed by atoms with Gasteiger partial charge in [0.1, 0.15) is 0 Å². The van der Waals surface area contributed by atoms with Crippen LogP contribution in [0.2, 0.25) is 0 Å². The summed E-state index contributed by atoms with van der Waals surface area (Å²) < 4.78 is 5.24. The van der Waals surface area contributed by atoms with Crippen LogP contribution in [0.4, 0.5) is 0 Å². The second-order valence-corrected chi connectivity index (χ2v) is 4.19. The van der Waals surface area contributed by atoms with Crippen LogP contribution in [0, 0.1) is 5.92 Å². The minimum Gasteiger partial charge on any atom is -0.380 e. The van der Waals surface area contributed by atoms with E-state index in [1.807, 2.05) is 13.8 Å². The van der Waals surface area contributed by atoms with E-state index >= 15 is 0 Å². The molecule has 15 heavy (non-hydrogen) atoms. The minimum absolute atomic E-state index is 0.117. The lowest BCUT2D eigenvalue weighted by Crippen LogP contribution is -2.37. The van der Waals surface area contributed by atoms with E-state index < -0.39 is 0 Å². The Hall–Kier alpha value is -0.610. The Morgan fingerprint density at radius 2 is 2.47 bits per heavy atom. The average Bonchev–Trinajstić information content (AvgIpc) is 2.67. The third kappa shape index (κ3) is 5.14. The minimum atomic E-state index is 0.117. The van der Waals surface area contributed by atoms with Crippen LogP contribution in [-0.4, -0.2) is 38.3 Å². The molecule has 88 valence electrons. The van der Waals surface area contributed by atoms with Gasteiger partial charge in [0.25, 0.3) is 0 Å². The maximum atomic E-state index is 11.6. The predicted molar refractivity (Wildman–Crippen MR) is 59.7 cm³/mol. The predicted octanol–water partition coefficient (Wildman–Crippen LogP) is 0.527. The van der Waals surface area contributed by atoms with Gasteiger partial charge in [-0.3, -0.25) is 4.79 Å². The number of carbonyl (C=O) groups excluding carboxylic acids is 1. The van der Waals surface area contributed by atoms with Crippen LogP contribution in [0.3, 0.4) is 0 Å². The highest BCUT2D eigenvalue weighted by molar-refractivity contribution is 5.76. The van der Waals surface area contributed by atoms with E-state index in [0.717, 1.165) is 19.5 Å². The molecular weight excluding hydrogens is 192 g/mol. The summed E-state index contributed by atoms with van der Waals surface area (Å²) in [5.74, 6) is 0.667. The Labute approximate surface area is 91.8 Å². The van der Waals surface area contributed by atoms with Crippen LogP contribution >= 0.6 is 0 Å². The monoisotopic (exact) mass is 214 g/mol. The number of ether oxygens (including phenoxy) is 1. The van der Waals surface area contributed by atoms with Crippen LogP contribution < -0.4 is 10.6 Å². The standard InChI is InChI=1S/C11H22N2O2/c1-3-15-8-9(2)13-11(14)6-10-4-5-12-7-10/h9-10,12H,3-8H2,1-2H3,(H,13,14). The van der Waals surface area contributed by atoms with Crippen LogP contribution in [0.25, 0.3) is 0 Å². The number of amides is 1. The van der Waals surface area contributed by atoms with Crippen molar-refractivity contribution >= 4 is 5.91 Å². The highest BCUT2D eigenvalue weighted by Crippen LogP contribution is 2.11. The lowest BCUT2D eigenvalue weighted by molar-refractivity contribution is -0.122. The van der Waals surface area contributed by atoms with Crippen molar-refractivity contribution in [1.29, 1.82) is 0 Å². The van der Waals surface area contributed by atoms with Gasteiger partial charge in [-0.25, -0.2) is 0 Å². The summed E-state index contributed by atoms with van der Waals surface area (Å²) in [6.45, 7) is 7.26. The van der Waals surface area contributed by atoms with Crippen molar-refractivity contribution in [2.24, 2.45) is 5.92 Å². The zero-order chi connectivity index (χ0) is 11.1. The molecule has 0 aliphatic carbocycles. The van der Waals surface area contributed by atoms with Crippen molar-refractivity contribution < 1.29 is 9.53 Å². The summed E-state index contributed by atoms with van der Waals surface area (Å²) in [4.78, 5) is 11.6. The van der Waals surface area contributed by atoms with Gasteiger partial charge in [0, 0.05) is 19.1 Å². The second-order valence-electron chi connectivity index (χ2n) is 4.19. The number of rotatable bonds is 6. The van der Waals surface area contributed by atoms with Gasteiger partial charge >= 0.3 is 0 Å². The molecular formula is C11H22N2O2. The topological polar surface area (TPSA) is 50.4 Å². The highest BCUT2D eigenvalue weighted by Gasteiger charge is 2.18. The number of carbonyl (C=O) groups is 1. The molecule has 1 amide bonds. The molecule has 4 heteroatoms. The second kappa shape index (κ2) is 6.80. The smallest absolute Gasteiger partial charge is 0.220 e. The number of hydrogen-bond acceptors (Lipinski definition) is 3. The summed E-state index contributed by atoms with van der Waals surface area (Å²) in [7, 11) is 0. The molecule has 1 saturated heterocycles. The van der Waals surface area contributed by atoms with E-state index in [-0.39, 0.29) is 11.9 Å². The maximum absolute atomic E-state index is 11.6. The highest BCUT2D eigenvalue weighted by atomic mass is 16.5. The van der Waals surface area contributed by atoms with Crippen molar-refractivity contribution in [3.05, 3.63) is 0 Å². The Bertz CT molecular complexity index is 191. The summed E-state index contributed by atoms with van der Waals surface area (Å²) in [6, 6.07) is 0.117. The van der Waals surface area contributed by atoms with Gasteiger partial charge < -0.3 is 15.4 Å². The first-order valence-corrected chi connectivity index (χ1v) is 5.80. The van der Waals surface area contributed by atoms with E-state index in [0.29, 0.717) is 25.6 Å². The molecule has 1 rings (SSSR count). The first-order chi connectivity index (χ1) is 7.22. The summed E-state index contributed by atoms with van der Waals surface area (Å²) >= 11 is 0. The third-order valence-corrected chi connectivity index (χ3v) is 2.62. The Kier molecular flexibility index (Phi) is 5.65. The fourth-order valence-electron chi connectivity index (χ4n) is 1.82. The van der Waals surface area contributed by atoms with Crippen molar-refractivity contribution in [3.8, 4) is 0 Å². The molecule has 0 aromatic carbocycles. The Morgan fingerprint density at radius 3 is 3.07 bits per heavy atom. The zero-order valence-corrected chi connectivity index (χ0v) is 9.71. The van der Waals surface area contributed by atoms with Crippen molar-refractivity contribution in [2.75, 3.05) is 26.3 Å². The van der Waals surface area contributed by atoms with E-state index in [9.17, 15) is 4.79 Å². The molecule has 2 atom stereocenters. The van der Waals surface area contributed by atoms with Crippen LogP contribution in [0.5, 0.6) is 0 Å². The van der Waals surface area contributed by atoms with Gasteiger partial charge in [-0.1, -0.05) is 0 Å². The molecule has 0 aromatic rings. The third-order valence-electron chi connectivity index (χ3n) is 2.62. The maximum Gasteiger partial charge on any atom is 0.220 e. The lowest BCUT2D eigenvalue weighted by atomic mass is 10.0. The first-order valence-electron chi connectivity index (χ1n) is 5.80. The van der Waals surface area contributed by atoms with Gasteiger partial charge in [-0.05, 0) is 39.3 Å². The van der Waals surface area contributed by atoms with Crippen LogP contribution in [-0.2, 0) is 9.53 Å². The molecule has 0 radical (unpaired) electrons. The first kappa shape index (κ1) is 12.5. The van der Waals surface area contributed by atoms with Gasteiger partial charge in [-0.15, -0.1) is 0 Å². The van der Waals surface area contributed by atoms with Gasteiger partial charge in [0.15, 0.2) is 0 Å². The summed E-state index contributed by atoms with van der Waals surface area (Å²) in [6.07, 6.45) is 1.76. The van der Waals surface area contributed by atoms with E-state index in [1.165, 1.54) is 0 Å². The normalized spacial score (nSPS) is 22.7. The molecule has 0 aromatic heterocycles. The molecule has 0 spiro atoms. The number of nitrogens with one attached hydrogen (secondary N) is 2. The molecule has 1 aliphatic heterocycles. The van der Waals surface area contributed by atoms with Crippen molar-refractivity contribution in [1.82, 2.24) is 10.6 Å². The fourth-order valence-corrected chi connectivity index (χ4v) is 1.82. The molecule has 1 aliphatic rings. The van der Waals surface area contributed by atoms with Crippen molar-refractivity contribution in [3.63, 3.8) is 0 Å². The number of hydrogen-bond donors (Lipinski definition) is 2. The molecule has 0 saturated carbocycles. The Morgan fingerprint density at radius 1 is 1.67 bits per heavy atom. The summed E-state index contributed by atoms with van der Waals surface area (Å²) in [5.41, 5.74) is 0. The van der Waals surface area contributed by atoms with Gasteiger partial charge in [0.2, 0.25) is 5.91 Å². The van der Waals surface area contributed by atoms with E-state index in [2.05, 4.69) is 10.6 Å². The quantitative estimate of drug-likeness (QED) is 0.678. The molecule has 4 nitrogen and oxygen atoms in total. The fraction of sp³-hybridized carbons (Fsp3) is 0.909. The SMILES string of the molecule is CCOCC(C)NC(=O)CC1CCNC1. The Balaban J connectivity index is 2.11. The molecule has 1 fully saturated rings. The van der Waals surface area contributed by atoms with Crippen LogP contribution in [0.1, 0.15) is 26.7 Å². The summed E-state index contributed by atoms with van der Waals surface area (Å²) in [5, 5.41) is 6.21. The van der Waals surface area contributed by atoms with E-state index in [1.54, 1.807) is 0 Å². The lowest BCUT2D eigenvalue weighted by Gasteiger charge is -2.15. The molecule has 2 N–H and O–H groups in total. The van der Waals surface area contributed by atoms with Gasteiger partial charge in [-0.2, -0.15) is 0 Å². The molecule has 1 heterocycles. The molecule has 0 bridgehead atoms. The van der Waals surface area contributed by atoms with Crippen LogP contribution in [0.15, 0.2) is 0 Å². The van der Waals surface area contributed by atoms with Crippen molar-refractivity contribution in [2.45, 2.75) is 32.7 Å². The van der Waals surface area contributed by atoms with E-state index in [4.69, 9.17) is 4.74 Å². The largest absolute Gasteiger partial charge is 0.380 e. The van der Waals surface area contributed by atoms with Gasteiger partial charge in [0.05, 0.1) is 6.61 Å². The molecule has 2 unspecified atom stereocenters. The average molecular weight is 214 g/mol. The zero-order valence-electron chi connectivity index (χ0n) is 9.71.